The lowest BCUT2D eigenvalue weighted by molar-refractivity contribution is -0.414. The van der Waals surface area contributed by atoms with Crippen LogP contribution in [0.1, 0.15) is 0 Å². The van der Waals surface area contributed by atoms with Crippen LogP contribution in [0.3, 0.4) is 0 Å². The van der Waals surface area contributed by atoms with Gasteiger partial charge in [0.15, 0.2) is 0 Å². The largest absolute Gasteiger partial charge is 0.544 e. The standard InChI is InChI=1S/C6H3F10NO2/c7-2(8)17(3(9)10)5(13,6(14,15)16)4(11,12)1(18)19/h2-3H,(H,18,19)/p-1. The van der Waals surface area contributed by atoms with Crippen LogP contribution < -0.4 is 5.11 Å². The highest BCUT2D eigenvalue weighted by Crippen LogP contribution is 2.49. The summed E-state index contributed by atoms with van der Waals surface area (Å²) in [5.74, 6) is -17.6. The molecule has 0 radical (unpaired) electrons. The fourth-order valence-corrected chi connectivity index (χ4v) is 0.976. The molecule has 3 nitrogen and oxygen atoms in total. The van der Waals surface area contributed by atoms with E-state index in [0.717, 1.165) is 0 Å². The zero-order valence-corrected chi connectivity index (χ0v) is 8.20. The van der Waals surface area contributed by atoms with Crippen molar-refractivity contribution in [2.45, 2.75) is 31.0 Å². The first-order chi connectivity index (χ1) is 8.21. The number of carboxylic acid groups (broad SMARTS) is 1. The lowest BCUT2D eigenvalue weighted by Gasteiger charge is -2.41. The van der Waals surface area contributed by atoms with Gasteiger partial charge in [-0.1, -0.05) is 0 Å². The number of carbonyl (C=O) groups excluding carboxylic acids is 1. The second kappa shape index (κ2) is 5.02. The molecule has 1 unspecified atom stereocenters. The van der Waals surface area contributed by atoms with Crippen molar-refractivity contribution < 1.29 is 53.8 Å². The molecule has 0 rings (SSSR count). The third-order valence-electron chi connectivity index (χ3n) is 1.82. The molecule has 0 fully saturated rings. The number of alkyl halides is 10. The summed E-state index contributed by atoms with van der Waals surface area (Å²) in [5, 5.41) is 9.75. The maximum Gasteiger partial charge on any atom is 0.443 e. The summed E-state index contributed by atoms with van der Waals surface area (Å²) in [7, 11) is 0. The summed E-state index contributed by atoms with van der Waals surface area (Å²) in [6.45, 7) is -10.1. The van der Waals surface area contributed by atoms with Crippen molar-refractivity contribution in [1.82, 2.24) is 4.90 Å². The van der Waals surface area contributed by atoms with Crippen molar-refractivity contribution in [3.8, 4) is 0 Å². The molecule has 0 aromatic carbocycles. The molecule has 0 aliphatic heterocycles. The molecule has 0 aliphatic carbocycles. The molecule has 0 heterocycles. The Labute approximate surface area is 96.9 Å². The van der Waals surface area contributed by atoms with E-state index in [0.29, 0.717) is 0 Å². The molecule has 0 saturated carbocycles. The van der Waals surface area contributed by atoms with Gasteiger partial charge in [-0.05, 0) is 0 Å². The Balaban J connectivity index is 6.16. The van der Waals surface area contributed by atoms with Crippen molar-refractivity contribution in [3.05, 3.63) is 0 Å². The average Bonchev–Trinajstić information content (AvgIpc) is 2.13. The minimum Gasteiger partial charge on any atom is -0.544 e. The average molecular weight is 310 g/mol. The summed E-state index contributed by atoms with van der Waals surface area (Å²) in [6, 6.07) is 0. The zero-order valence-electron chi connectivity index (χ0n) is 8.20. The maximum atomic E-state index is 13.2. The number of hydrogen-bond acceptors (Lipinski definition) is 3. The first kappa shape index (κ1) is 17.7. The minimum absolute atomic E-state index is 2.90. The molecule has 114 valence electrons. The smallest absolute Gasteiger partial charge is 0.443 e. The highest BCUT2D eigenvalue weighted by Gasteiger charge is 2.78. The van der Waals surface area contributed by atoms with Crippen LogP contribution in [0, 0.1) is 0 Å². The van der Waals surface area contributed by atoms with Gasteiger partial charge in [-0.3, -0.25) is 0 Å². The summed E-state index contributed by atoms with van der Waals surface area (Å²) in [5.41, 5.74) is 0. The van der Waals surface area contributed by atoms with Gasteiger partial charge >= 0.3 is 31.0 Å². The monoisotopic (exact) mass is 310 g/mol. The first-order valence-corrected chi connectivity index (χ1v) is 3.91. The van der Waals surface area contributed by atoms with Crippen molar-refractivity contribution in [2.24, 2.45) is 0 Å². The molecule has 0 bridgehead atoms. The second-order valence-electron chi connectivity index (χ2n) is 2.94. The van der Waals surface area contributed by atoms with Crippen LogP contribution in [0.5, 0.6) is 0 Å². The first-order valence-electron chi connectivity index (χ1n) is 3.91. The van der Waals surface area contributed by atoms with Gasteiger partial charge in [0.2, 0.25) is 0 Å². The molecular formula is C6H2F10NO2-. The van der Waals surface area contributed by atoms with E-state index in [1.807, 2.05) is 0 Å². The Morgan fingerprint density at radius 3 is 1.37 bits per heavy atom. The van der Waals surface area contributed by atoms with Gasteiger partial charge in [-0.2, -0.15) is 39.5 Å². The Morgan fingerprint density at radius 1 is 0.895 bits per heavy atom. The number of halogens is 10. The molecule has 0 amide bonds. The van der Waals surface area contributed by atoms with E-state index in [4.69, 9.17) is 0 Å². The predicted molar refractivity (Wildman–Crippen MR) is 33.7 cm³/mol. The fraction of sp³-hybridized carbons (Fsp3) is 0.833. The lowest BCUT2D eigenvalue weighted by Crippen LogP contribution is -2.72. The van der Waals surface area contributed by atoms with Crippen molar-refractivity contribution in [3.63, 3.8) is 0 Å². The van der Waals surface area contributed by atoms with E-state index in [1.165, 1.54) is 0 Å². The third kappa shape index (κ3) is 2.69. The van der Waals surface area contributed by atoms with Gasteiger partial charge in [0.25, 0.3) is 0 Å². The number of aliphatic carboxylic acids is 1. The normalized spacial score (nSPS) is 17.1. The van der Waals surface area contributed by atoms with Crippen LogP contribution in [0.4, 0.5) is 43.9 Å². The van der Waals surface area contributed by atoms with Crippen LogP contribution in [-0.4, -0.2) is 41.9 Å². The number of carbonyl (C=O) groups is 1. The van der Waals surface area contributed by atoms with Gasteiger partial charge < -0.3 is 9.90 Å². The van der Waals surface area contributed by atoms with Gasteiger partial charge in [0.05, 0.1) is 0 Å². The third-order valence-corrected chi connectivity index (χ3v) is 1.82. The minimum atomic E-state index is -7.07. The van der Waals surface area contributed by atoms with E-state index < -0.39 is 41.9 Å². The summed E-state index contributed by atoms with van der Waals surface area (Å²) < 4.78 is 122. The second-order valence-corrected chi connectivity index (χ2v) is 2.94. The van der Waals surface area contributed by atoms with Crippen LogP contribution in [-0.2, 0) is 4.79 Å². The van der Waals surface area contributed by atoms with Crippen LogP contribution in [0.2, 0.25) is 0 Å². The van der Waals surface area contributed by atoms with Crippen LogP contribution >= 0.6 is 0 Å². The molecule has 0 aromatic heterocycles. The van der Waals surface area contributed by atoms with Crippen LogP contribution in [0.15, 0.2) is 0 Å². The van der Waals surface area contributed by atoms with E-state index in [-0.39, 0.29) is 0 Å². The Bertz CT molecular complexity index is 333. The Morgan fingerprint density at radius 2 is 1.21 bits per heavy atom. The van der Waals surface area contributed by atoms with E-state index in [2.05, 4.69) is 0 Å². The van der Waals surface area contributed by atoms with E-state index in [9.17, 15) is 53.8 Å². The number of carboxylic acids is 1. The molecule has 13 heteroatoms. The number of rotatable bonds is 5. The topological polar surface area (TPSA) is 43.4 Å². The molecule has 19 heavy (non-hydrogen) atoms. The molecule has 0 aliphatic rings. The Hall–Kier alpha value is -1.27. The van der Waals surface area contributed by atoms with E-state index >= 15 is 0 Å². The maximum absolute atomic E-state index is 13.2. The SMILES string of the molecule is O=C([O-])C(F)(F)C(F)(N(C(F)F)C(F)F)C(F)(F)F. The van der Waals surface area contributed by atoms with Crippen molar-refractivity contribution >= 4 is 5.97 Å². The summed E-state index contributed by atoms with van der Waals surface area (Å²) in [6.07, 6.45) is -7.07. The van der Waals surface area contributed by atoms with Gasteiger partial charge in [-0.25, -0.2) is 4.39 Å². The van der Waals surface area contributed by atoms with Gasteiger partial charge in [0, 0.05) is 0 Å². The molecule has 0 N–H and O–H groups in total. The van der Waals surface area contributed by atoms with E-state index in [1.54, 1.807) is 0 Å². The highest BCUT2D eigenvalue weighted by molar-refractivity contribution is 5.75. The van der Waals surface area contributed by atoms with Crippen LogP contribution in [0.25, 0.3) is 0 Å². The molecule has 1 atom stereocenters. The van der Waals surface area contributed by atoms with Gasteiger partial charge in [-0.15, -0.1) is 4.90 Å². The molecule has 0 aromatic rings. The predicted octanol–water partition coefficient (Wildman–Crippen LogP) is 1.35. The molecule has 0 saturated heterocycles. The lowest BCUT2D eigenvalue weighted by atomic mass is 10.1. The number of nitrogens with zero attached hydrogens (tertiary/aromatic N) is 1. The van der Waals surface area contributed by atoms with Gasteiger partial charge in [0.1, 0.15) is 5.97 Å². The zero-order chi connectivity index (χ0) is 15.8. The molecule has 0 spiro atoms. The highest BCUT2D eigenvalue weighted by atomic mass is 19.4. The number of hydrogen-bond donors (Lipinski definition) is 0. The fourth-order valence-electron chi connectivity index (χ4n) is 0.976. The van der Waals surface area contributed by atoms with Crippen molar-refractivity contribution in [1.29, 1.82) is 0 Å². The quantitative estimate of drug-likeness (QED) is 0.569. The summed E-state index contributed by atoms with van der Waals surface area (Å²) >= 11 is 0. The Kier molecular flexibility index (Phi) is 4.68. The molecular weight excluding hydrogens is 308 g/mol. The summed E-state index contributed by atoms with van der Waals surface area (Å²) in [4.78, 5) is 6.85. The van der Waals surface area contributed by atoms with Crippen molar-refractivity contribution in [2.75, 3.05) is 0 Å².